The van der Waals surface area contributed by atoms with Crippen molar-refractivity contribution in [3.63, 3.8) is 0 Å². The Bertz CT molecular complexity index is 485. The summed E-state index contributed by atoms with van der Waals surface area (Å²) in [6, 6.07) is 1.93. The molecule has 2 heterocycles. The molecule has 18 heavy (non-hydrogen) atoms. The highest BCUT2D eigenvalue weighted by molar-refractivity contribution is 6.41. The van der Waals surface area contributed by atoms with E-state index in [1.54, 1.807) is 0 Å². The van der Waals surface area contributed by atoms with Gasteiger partial charge in [0.2, 0.25) is 0 Å². The van der Waals surface area contributed by atoms with Crippen LogP contribution < -0.4 is 5.32 Å². The minimum atomic E-state index is 0.383. The van der Waals surface area contributed by atoms with E-state index in [4.69, 9.17) is 23.2 Å². The Morgan fingerprint density at radius 1 is 1.28 bits per heavy atom. The van der Waals surface area contributed by atoms with Crippen LogP contribution in [-0.2, 0) is 0 Å². The van der Waals surface area contributed by atoms with Gasteiger partial charge in [0.1, 0.15) is 5.15 Å². The summed E-state index contributed by atoms with van der Waals surface area (Å²) in [4.78, 5) is 4.13. The maximum atomic E-state index is 6.04. The lowest BCUT2D eigenvalue weighted by Crippen LogP contribution is -2.37. The summed E-state index contributed by atoms with van der Waals surface area (Å²) in [7, 11) is 0. The number of nitrogens with zero attached hydrogens (tertiary/aromatic N) is 1. The predicted octanol–water partition coefficient (Wildman–Crippen LogP) is 3.79. The van der Waals surface area contributed by atoms with E-state index in [2.05, 4.69) is 16.4 Å². The van der Waals surface area contributed by atoms with Crippen molar-refractivity contribution in [1.29, 1.82) is 0 Å². The molecule has 1 N–H and O–H groups in total. The van der Waals surface area contributed by atoms with E-state index in [0.717, 1.165) is 24.4 Å². The minimum absolute atomic E-state index is 0.383. The van der Waals surface area contributed by atoms with Crippen molar-refractivity contribution >= 4 is 28.8 Å². The van der Waals surface area contributed by atoms with Gasteiger partial charge in [-0.15, -0.1) is 0 Å². The Morgan fingerprint density at radius 2 is 2.17 bits per heavy atom. The first kappa shape index (κ1) is 12.5. The lowest BCUT2D eigenvalue weighted by atomic mass is 9.76. The SMILES string of the molecule is Clc1cc(C2=C[C@H]3CNCC[C@H]3CC2)cnc1Cl. The van der Waals surface area contributed by atoms with Crippen molar-refractivity contribution in [3.8, 4) is 0 Å². The lowest BCUT2D eigenvalue weighted by Gasteiger charge is -2.34. The van der Waals surface area contributed by atoms with Gasteiger partial charge in [0.15, 0.2) is 0 Å². The standard InChI is InChI=1S/C14H16Cl2N2/c15-13-6-12(8-18-14(13)16)10-2-1-9-3-4-17-7-11(9)5-10/h5-6,8-9,11,17H,1-4,7H2/t9-,11+/m1/s1. The van der Waals surface area contributed by atoms with Crippen LogP contribution in [0.3, 0.4) is 0 Å². The molecule has 1 saturated heterocycles. The lowest BCUT2D eigenvalue weighted by molar-refractivity contribution is 0.279. The van der Waals surface area contributed by atoms with Gasteiger partial charge in [0, 0.05) is 12.7 Å². The van der Waals surface area contributed by atoms with Gasteiger partial charge in [-0.1, -0.05) is 29.3 Å². The maximum Gasteiger partial charge on any atom is 0.147 e. The van der Waals surface area contributed by atoms with E-state index in [-0.39, 0.29) is 0 Å². The zero-order chi connectivity index (χ0) is 12.5. The molecule has 2 nitrogen and oxygen atoms in total. The van der Waals surface area contributed by atoms with Crippen LogP contribution in [0, 0.1) is 11.8 Å². The number of piperidine rings is 1. The van der Waals surface area contributed by atoms with Gasteiger partial charge in [-0.2, -0.15) is 0 Å². The van der Waals surface area contributed by atoms with Crippen molar-refractivity contribution in [2.75, 3.05) is 13.1 Å². The average molecular weight is 283 g/mol. The summed E-state index contributed by atoms with van der Waals surface area (Å²) in [5.41, 5.74) is 2.49. The monoisotopic (exact) mass is 282 g/mol. The Balaban J connectivity index is 1.87. The molecular formula is C14H16Cl2N2. The van der Waals surface area contributed by atoms with Crippen LogP contribution in [0.4, 0.5) is 0 Å². The molecule has 2 atom stereocenters. The molecule has 0 bridgehead atoms. The highest BCUT2D eigenvalue weighted by Gasteiger charge is 2.27. The summed E-state index contributed by atoms with van der Waals surface area (Å²) in [6.45, 7) is 2.27. The molecule has 96 valence electrons. The molecule has 1 aromatic rings. The highest BCUT2D eigenvalue weighted by atomic mass is 35.5. The second-order valence-corrected chi connectivity index (χ2v) is 5.91. The second-order valence-electron chi connectivity index (χ2n) is 5.14. The van der Waals surface area contributed by atoms with Crippen molar-refractivity contribution in [1.82, 2.24) is 10.3 Å². The second kappa shape index (κ2) is 5.20. The molecule has 4 heteroatoms. The fraction of sp³-hybridized carbons (Fsp3) is 0.500. The molecule has 0 radical (unpaired) electrons. The van der Waals surface area contributed by atoms with E-state index in [0.29, 0.717) is 16.1 Å². The highest BCUT2D eigenvalue weighted by Crippen LogP contribution is 2.37. The summed E-state index contributed by atoms with van der Waals surface area (Å²) in [5.74, 6) is 1.52. The third-order valence-corrected chi connectivity index (χ3v) is 4.73. The van der Waals surface area contributed by atoms with Crippen LogP contribution in [0.25, 0.3) is 5.57 Å². The molecule has 0 aromatic carbocycles. The first-order valence-electron chi connectivity index (χ1n) is 6.47. The van der Waals surface area contributed by atoms with Gasteiger partial charge in [0.25, 0.3) is 0 Å². The number of aromatic nitrogens is 1. The van der Waals surface area contributed by atoms with Crippen molar-refractivity contribution in [2.45, 2.75) is 19.3 Å². The van der Waals surface area contributed by atoms with Crippen LogP contribution in [-0.4, -0.2) is 18.1 Å². The molecule has 1 aromatic heterocycles. The average Bonchev–Trinajstić information content (AvgIpc) is 2.41. The van der Waals surface area contributed by atoms with E-state index < -0.39 is 0 Å². The van der Waals surface area contributed by atoms with E-state index in [1.807, 2.05) is 12.3 Å². The molecule has 2 aliphatic rings. The summed E-state index contributed by atoms with van der Waals surface area (Å²) in [5, 5.41) is 4.39. The number of pyridine rings is 1. The third-order valence-electron chi connectivity index (χ3n) is 4.04. The van der Waals surface area contributed by atoms with Gasteiger partial charge in [-0.05, 0) is 54.8 Å². The smallest absolute Gasteiger partial charge is 0.147 e. The first-order valence-corrected chi connectivity index (χ1v) is 7.22. The van der Waals surface area contributed by atoms with Crippen LogP contribution >= 0.6 is 23.2 Å². The first-order chi connectivity index (χ1) is 8.74. The molecule has 1 fully saturated rings. The van der Waals surface area contributed by atoms with Gasteiger partial charge in [-0.25, -0.2) is 4.98 Å². The van der Waals surface area contributed by atoms with E-state index in [9.17, 15) is 0 Å². The van der Waals surface area contributed by atoms with Crippen molar-refractivity contribution < 1.29 is 0 Å². The summed E-state index contributed by atoms with van der Waals surface area (Å²) in [6.07, 6.45) is 7.94. The summed E-state index contributed by atoms with van der Waals surface area (Å²) < 4.78 is 0. The van der Waals surface area contributed by atoms with Gasteiger partial charge in [0.05, 0.1) is 5.02 Å². The topological polar surface area (TPSA) is 24.9 Å². The normalized spacial score (nSPS) is 27.6. The number of halogens is 2. The predicted molar refractivity (Wildman–Crippen MR) is 75.9 cm³/mol. The Morgan fingerprint density at radius 3 is 3.00 bits per heavy atom. The van der Waals surface area contributed by atoms with Crippen molar-refractivity contribution in [2.24, 2.45) is 11.8 Å². The Hall–Kier alpha value is -0.570. The molecular weight excluding hydrogens is 267 g/mol. The molecule has 3 rings (SSSR count). The number of rotatable bonds is 1. The van der Waals surface area contributed by atoms with Crippen LogP contribution in [0.15, 0.2) is 18.3 Å². The summed E-state index contributed by atoms with van der Waals surface area (Å²) >= 11 is 11.9. The fourth-order valence-corrected chi connectivity index (χ4v) is 3.28. The number of nitrogens with one attached hydrogen (secondary N) is 1. The Labute approximate surface area is 117 Å². The molecule has 1 aliphatic heterocycles. The molecule has 0 amide bonds. The third kappa shape index (κ3) is 2.42. The van der Waals surface area contributed by atoms with E-state index >= 15 is 0 Å². The largest absolute Gasteiger partial charge is 0.316 e. The maximum absolute atomic E-state index is 6.04. The zero-order valence-corrected chi connectivity index (χ0v) is 11.6. The van der Waals surface area contributed by atoms with Crippen LogP contribution in [0.2, 0.25) is 10.2 Å². The minimum Gasteiger partial charge on any atom is -0.316 e. The van der Waals surface area contributed by atoms with Crippen LogP contribution in [0.5, 0.6) is 0 Å². The number of hydrogen-bond acceptors (Lipinski definition) is 2. The zero-order valence-electron chi connectivity index (χ0n) is 10.1. The molecule has 0 saturated carbocycles. The quantitative estimate of drug-likeness (QED) is 0.793. The van der Waals surface area contributed by atoms with Crippen molar-refractivity contribution in [3.05, 3.63) is 34.1 Å². The number of hydrogen-bond donors (Lipinski definition) is 1. The molecule has 1 aliphatic carbocycles. The Kier molecular flexibility index (Phi) is 3.60. The fourth-order valence-electron chi connectivity index (χ4n) is 3.01. The van der Waals surface area contributed by atoms with E-state index in [1.165, 1.54) is 25.0 Å². The van der Waals surface area contributed by atoms with Gasteiger partial charge < -0.3 is 5.32 Å². The number of fused-ring (bicyclic) bond motifs is 1. The van der Waals surface area contributed by atoms with Crippen LogP contribution in [0.1, 0.15) is 24.8 Å². The molecule has 0 unspecified atom stereocenters. The van der Waals surface area contributed by atoms with Gasteiger partial charge in [-0.3, -0.25) is 0 Å². The van der Waals surface area contributed by atoms with Gasteiger partial charge >= 0.3 is 0 Å². The number of allylic oxidation sites excluding steroid dienone is 1. The molecule has 0 spiro atoms.